The summed E-state index contributed by atoms with van der Waals surface area (Å²) in [5, 5.41) is 3.60. The van der Waals surface area contributed by atoms with E-state index in [2.05, 4.69) is 31.1 Å². The fourth-order valence-electron chi connectivity index (χ4n) is 4.22. The third-order valence-electron chi connectivity index (χ3n) is 5.36. The molecule has 1 N–H and O–H groups in total. The van der Waals surface area contributed by atoms with Crippen molar-refractivity contribution in [3.8, 4) is 0 Å². The molecule has 2 aliphatic rings. The van der Waals surface area contributed by atoms with Crippen LogP contribution >= 0.6 is 0 Å². The summed E-state index contributed by atoms with van der Waals surface area (Å²) >= 11 is 0. The Morgan fingerprint density at radius 2 is 2.15 bits per heavy atom. The van der Waals surface area contributed by atoms with Gasteiger partial charge in [0.15, 0.2) is 0 Å². The second kappa shape index (κ2) is 8.35. The predicted molar refractivity (Wildman–Crippen MR) is 85.1 cm³/mol. The van der Waals surface area contributed by atoms with E-state index in [9.17, 15) is 0 Å². The Labute approximate surface area is 125 Å². The predicted octanol–water partition coefficient (Wildman–Crippen LogP) is 2.90. The van der Waals surface area contributed by atoms with E-state index in [-0.39, 0.29) is 0 Å². The lowest BCUT2D eigenvalue weighted by Crippen LogP contribution is -2.54. The van der Waals surface area contributed by atoms with Gasteiger partial charge in [-0.2, -0.15) is 0 Å². The Balaban J connectivity index is 1.92. The van der Waals surface area contributed by atoms with Crippen LogP contribution in [0.4, 0.5) is 0 Å². The molecule has 1 saturated heterocycles. The quantitative estimate of drug-likeness (QED) is 0.811. The van der Waals surface area contributed by atoms with E-state index in [4.69, 9.17) is 4.74 Å². The molecule has 118 valence electrons. The Morgan fingerprint density at radius 3 is 2.85 bits per heavy atom. The van der Waals surface area contributed by atoms with Crippen molar-refractivity contribution in [2.24, 2.45) is 11.8 Å². The molecule has 0 spiro atoms. The maximum Gasteiger partial charge on any atom is 0.0857 e. The standard InChI is InChI=1S/C17H34N2O/c1-4-9-19-10-11-20-16(13-19)17(18-3)15-8-6-7-14(5-2)12-15/h14-18H,4-13H2,1-3H3. The first kappa shape index (κ1) is 16.3. The van der Waals surface area contributed by atoms with Crippen molar-refractivity contribution in [2.45, 2.75) is 64.5 Å². The van der Waals surface area contributed by atoms with E-state index in [1.165, 1.54) is 45.1 Å². The molecular formula is C17H34N2O. The fraction of sp³-hybridized carbons (Fsp3) is 1.00. The average molecular weight is 282 g/mol. The monoisotopic (exact) mass is 282 g/mol. The maximum atomic E-state index is 6.13. The lowest BCUT2D eigenvalue weighted by molar-refractivity contribution is -0.0597. The number of morpholine rings is 1. The van der Waals surface area contributed by atoms with Crippen molar-refractivity contribution in [3.63, 3.8) is 0 Å². The summed E-state index contributed by atoms with van der Waals surface area (Å²) in [6, 6.07) is 0.545. The molecule has 4 atom stereocenters. The number of nitrogens with zero attached hydrogens (tertiary/aromatic N) is 1. The van der Waals surface area contributed by atoms with Crippen molar-refractivity contribution in [2.75, 3.05) is 33.3 Å². The van der Waals surface area contributed by atoms with E-state index in [0.29, 0.717) is 12.1 Å². The number of hydrogen-bond donors (Lipinski definition) is 1. The molecular weight excluding hydrogens is 248 g/mol. The van der Waals surface area contributed by atoms with E-state index in [1.807, 2.05) is 0 Å². The molecule has 1 aliphatic heterocycles. The van der Waals surface area contributed by atoms with Gasteiger partial charge in [0.2, 0.25) is 0 Å². The molecule has 2 fully saturated rings. The zero-order chi connectivity index (χ0) is 14.4. The highest BCUT2D eigenvalue weighted by Gasteiger charge is 2.34. The number of likely N-dealkylation sites (N-methyl/N-ethyl adjacent to an activating group) is 1. The highest BCUT2D eigenvalue weighted by atomic mass is 16.5. The van der Waals surface area contributed by atoms with E-state index in [0.717, 1.165) is 31.5 Å². The molecule has 0 aromatic rings. The first-order valence-electron chi connectivity index (χ1n) is 8.79. The molecule has 4 unspecified atom stereocenters. The van der Waals surface area contributed by atoms with Gasteiger partial charge < -0.3 is 10.1 Å². The van der Waals surface area contributed by atoms with Gasteiger partial charge in [-0.05, 0) is 44.7 Å². The Morgan fingerprint density at radius 1 is 1.30 bits per heavy atom. The van der Waals surface area contributed by atoms with Crippen LogP contribution in [0.15, 0.2) is 0 Å². The minimum absolute atomic E-state index is 0.390. The van der Waals surface area contributed by atoms with Crippen LogP contribution in [0.3, 0.4) is 0 Å². The normalized spacial score (nSPS) is 34.0. The van der Waals surface area contributed by atoms with Crippen LogP contribution in [0, 0.1) is 11.8 Å². The zero-order valence-electron chi connectivity index (χ0n) is 13.7. The van der Waals surface area contributed by atoms with Crippen molar-refractivity contribution < 1.29 is 4.74 Å². The molecule has 0 radical (unpaired) electrons. The molecule has 2 rings (SSSR count). The molecule has 20 heavy (non-hydrogen) atoms. The topological polar surface area (TPSA) is 24.5 Å². The molecule has 1 aliphatic carbocycles. The minimum Gasteiger partial charge on any atom is -0.374 e. The van der Waals surface area contributed by atoms with Crippen LogP contribution in [0.1, 0.15) is 52.4 Å². The SMILES string of the molecule is CCCN1CCOC(C(NC)C2CCCC(CC)C2)C1. The molecule has 0 aromatic heterocycles. The van der Waals surface area contributed by atoms with Crippen LogP contribution in [0.25, 0.3) is 0 Å². The average Bonchev–Trinajstić information content (AvgIpc) is 2.49. The molecule has 0 bridgehead atoms. The summed E-state index contributed by atoms with van der Waals surface area (Å²) in [4.78, 5) is 2.58. The van der Waals surface area contributed by atoms with Gasteiger partial charge in [0.1, 0.15) is 0 Å². The third-order valence-corrected chi connectivity index (χ3v) is 5.36. The smallest absolute Gasteiger partial charge is 0.0857 e. The Hall–Kier alpha value is -0.120. The maximum absolute atomic E-state index is 6.13. The first-order valence-corrected chi connectivity index (χ1v) is 8.79. The zero-order valence-corrected chi connectivity index (χ0v) is 13.7. The van der Waals surface area contributed by atoms with Crippen molar-refractivity contribution in [3.05, 3.63) is 0 Å². The summed E-state index contributed by atoms with van der Waals surface area (Å²) in [5.41, 5.74) is 0. The van der Waals surface area contributed by atoms with Gasteiger partial charge in [0, 0.05) is 19.1 Å². The van der Waals surface area contributed by atoms with Crippen LogP contribution in [0.2, 0.25) is 0 Å². The van der Waals surface area contributed by atoms with Crippen molar-refractivity contribution in [1.82, 2.24) is 10.2 Å². The highest BCUT2D eigenvalue weighted by Crippen LogP contribution is 2.34. The summed E-state index contributed by atoms with van der Waals surface area (Å²) in [7, 11) is 2.13. The fourth-order valence-corrected chi connectivity index (χ4v) is 4.22. The van der Waals surface area contributed by atoms with Crippen LogP contribution in [-0.2, 0) is 4.74 Å². The molecule has 1 heterocycles. The third kappa shape index (κ3) is 4.19. The van der Waals surface area contributed by atoms with E-state index < -0.39 is 0 Å². The summed E-state index contributed by atoms with van der Waals surface area (Å²) in [6.45, 7) is 8.98. The molecule has 0 amide bonds. The van der Waals surface area contributed by atoms with E-state index in [1.54, 1.807) is 0 Å². The van der Waals surface area contributed by atoms with Crippen molar-refractivity contribution in [1.29, 1.82) is 0 Å². The summed E-state index contributed by atoms with van der Waals surface area (Å²) < 4.78 is 6.13. The first-order chi connectivity index (χ1) is 9.78. The second-order valence-corrected chi connectivity index (χ2v) is 6.73. The number of rotatable bonds is 6. The van der Waals surface area contributed by atoms with Gasteiger partial charge in [0.05, 0.1) is 12.7 Å². The van der Waals surface area contributed by atoms with Gasteiger partial charge in [-0.15, -0.1) is 0 Å². The molecule has 0 aromatic carbocycles. The number of nitrogens with one attached hydrogen (secondary N) is 1. The second-order valence-electron chi connectivity index (χ2n) is 6.73. The van der Waals surface area contributed by atoms with Crippen LogP contribution < -0.4 is 5.32 Å². The summed E-state index contributed by atoms with van der Waals surface area (Å²) in [6.07, 6.45) is 8.62. The minimum atomic E-state index is 0.390. The van der Waals surface area contributed by atoms with Crippen LogP contribution in [0.5, 0.6) is 0 Å². The van der Waals surface area contributed by atoms with Crippen LogP contribution in [-0.4, -0.2) is 50.3 Å². The number of hydrogen-bond acceptors (Lipinski definition) is 3. The lowest BCUT2D eigenvalue weighted by Gasteiger charge is -2.42. The van der Waals surface area contributed by atoms with Gasteiger partial charge in [-0.1, -0.05) is 33.1 Å². The largest absolute Gasteiger partial charge is 0.374 e. The summed E-state index contributed by atoms with van der Waals surface area (Å²) in [5.74, 6) is 1.75. The van der Waals surface area contributed by atoms with Gasteiger partial charge >= 0.3 is 0 Å². The molecule has 1 saturated carbocycles. The highest BCUT2D eigenvalue weighted by molar-refractivity contribution is 4.90. The van der Waals surface area contributed by atoms with E-state index >= 15 is 0 Å². The number of ether oxygens (including phenoxy) is 1. The molecule has 3 heteroatoms. The lowest BCUT2D eigenvalue weighted by atomic mass is 9.75. The Kier molecular flexibility index (Phi) is 6.79. The van der Waals surface area contributed by atoms with Gasteiger partial charge in [-0.25, -0.2) is 0 Å². The van der Waals surface area contributed by atoms with Gasteiger partial charge in [-0.3, -0.25) is 4.90 Å². The molecule has 3 nitrogen and oxygen atoms in total. The van der Waals surface area contributed by atoms with Gasteiger partial charge in [0.25, 0.3) is 0 Å². The van der Waals surface area contributed by atoms with Crippen molar-refractivity contribution >= 4 is 0 Å². The Bertz CT molecular complexity index is 270.